The van der Waals surface area contributed by atoms with Crippen LogP contribution in [-0.4, -0.2) is 41.1 Å². The molecule has 0 rings (SSSR count). The molecular formula is C7H10O6. The van der Waals surface area contributed by atoms with Crippen molar-refractivity contribution in [2.45, 2.75) is 18.9 Å². The number of carboxylic acid groups (broad SMARTS) is 2. The Bertz CT molecular complexity index is 199. The first kappa shape index (κ1) is 11.6. The fourth-order valence-electron chi connectivity index (χ4n) is 0.688. The first-order valence-electron chi connectivity index (χ1n) is 3.57. The van der Waals surface area contributed by atoms with E-state index in [-0.39, 0.29) is 19.4 Å². The largest absolute Gasteiger partial charge is 0.481 e. The molecule has 0 spiro atoms. The van der Waals surface area contributed by atoms with Crippen LogP contribution in [0.1, 0.15) is 12.8 Å². The normalized spacial score (nSPS) is 12.0. The Hall–Kier alpha value is -1.43. The smallest absolute Gasteiger partial charge is 0.332 e. The Labute approximate surface area is 74.1 Å². The highest BCUT2D eigenvalue weighted by atomic mass is 16.5. The Kier molecular flexibility index (Phi) is 5.45. The van der Waals surface area contributed by atoms with Crippen LogP contribution in [0.5, 0.6) is 0 Å². The summed E-state index contributed by atoms with van der Waals surface area (Å²) in [6, 6.07) is 0. The molecule has 0 fully saturated rings. The van der Waals surface area contributed by atoms with Crippen molar-refractivity contribution in [1.82, 2.24) is 0 Å². The number of carbonyl (C=O) groups excluding carboxylic acids is 1. The molecule has 0 radical (unpaired) electrons. The summed E-state index contributed by atoms with van der Waals surface area (Å²) in [6.45, 7) is -0.337. The van der Waals surface area contributed by atoms with Crippen LogP contribution in [0.25, 0.3) is 0 Å². The minimum atomic E-state index is -1.26. The number of ether oxygens (including phenoxy) is 1. The van der Waals surface area contributed by atoms with E-state index in [1.165, 1.54) is 0 Å². The maximum atomic E-state index is 10.4. The number of aliphatic carboxylic acids is 2. The molecule has 13 heavy (non-hydrogen) atoms. The maximum absolute atomic E-state index is 10.4. The van der Waals surface area contributed by atoms with Crippen molar-refractivity contribution in [3.05, 3.63) is 0 Å². The molecular weight excluding hydrogens is 180 g/mol. The summed E-state index contributed by atoms with van der Waals surface area (Å²) in [4.78, 5) is 30.3. The summed E-state index contributed by atoms with van der Waals surface area (Å²) >= 11 is 0. The summed E-state index contributed by atoms with van der Waals surface area (Å²) in [6.07, 6.45) is -1.24. The lowest BCUT2D eigenvalue weighted by atomic mass is 10.2. The molecule has 0 saturated heterocycles. The predicted octanol–water partition coefficient (Wildman–Crippen LogP) is -0.480. The van der Waals surface area contributed by atoms with Crippen molar-refractivity contribution in [3.63, 3.8) is 0 Å². The summed E-state index contributed by atoms with van der Waals surface area (Å²) in [7, 11) is 0. The number of carbonyl (C=O) groups is 3. The second-order valence-electron chi connectivity index (χ2n) is 2.26. The van der Waals surface area contributed by atoms with Gasteiger partial charge in [-0.25, -0.2) is 4.79 Å². The molecule has 0 saturated carbocycles. The summed E-state index contributed by atoms with van der Waals surface area (Å²) in [5, 5.41) is 16.7. The lowest BCUT2D eigenvalue weighted by Crippen LogP contribution is -2.25. The van der Waals surface area contributed by atoms with Crippen LogP contribution in [0.3, 0.4) is 0 Å². The monoisotopic (exact) mass is 190 g/mol. The molecule has 0 heterocycles. The van der Waals surface area contributed by atoms with Gasteiger partial charge in [0.1, 0.15) is 12.9 Å². The number of hydrogen-bond donors (Lipinski definition) is 2. The van der Waals surface area contributed by atoms with Crippen LogP contribution in [-0.2, 0) is 19.1 Å². The fraction of sp³-hybridized carbons (Fsp3) is 0.571. The molecule has 0 amide bonds. The van der Waals surface area contributed by atoms with Gasteiger partial charge in [-0.2, -0.15) is 0 Å². The van der Waals surface area contributed by atoms with Crippen molar-refractivity contribution < 1.29 is 29.3 Å². The maximum Gasteiger partial charge on any atom is 0.332 e. The number of aldehydes is 1. The van der Waals surface area contributed by atoms with Gasteiger partial charge in [-0.1, -0.05) is 0 Å². The van der Waals surface area contributed by atoms with E-state index >= 15 is 0 Å². The van der Waals surface area contributed by atoms with Gasteiger partial charge >= 0.3 is 11.9 Å². The Morgan fingerprint density at radius 2 is 2.00 bits per heavy atom. The van der Waals surface area contributed by atoms with E-state index in [0.29, 0.717) is 6.29 Å². The third kappa shape index (κ3) is 5.80. The van der Waals surface area contributed by atoms with Crippen molar-refractivity contribution in [2.24, 2.45) is 0 Å². The SMILES string of the molecule is O=CCOC(CCC(=O)O)C(=O)O. The number of hydrogen-bond acceptors (Lipinski definition) is 4. The average Bonchev–Trinajstić information content (AvgIpc) is 2.03. The highest BCUT2D eigenvalue weighted by molar-refractivity contribution is 5.74. The minimum absolute atomic E-state index is 0.140. The highest BCUT2D eigenvalue weighted by Gasteiger charge is 2.18. The zero-order valence-electron chi connectivity index (χ0n) is 6.80. The van der Waals surface area contributed by atoms with Crippen molar-refractivity contribution in [3.8, 4) is 0 Å². The summed E-state index contributed by atoms with van der Waals surface area (Å²) < 4.78 is 4.57. The van der Waals surface area contributed by atoms with E-state index in [2.05, 4.69) is 4.74 Å². The van der Waals surface area contributed by atoms with Crippen molar-refractivity contribution in [1.29, 1.82) is 0 Å². The first-order valence-corrected chi connectivity index (χ1v) is 3.57. The second kappa shape index (κ2) is 6.13. The van der Waals surface area contributed by atoms with Crippen molar-refractivity contribution in [2.75, 3.05) is 6.61 Å². The second-order valence-corrected chi connectivity index (χ2v) is 2.26. The lowest BCUT2D eigenvalue weighted by molar-refractivity contribution is -0.152. The molecule has 0 aliphatic heterocycles. The Balaban J connectivity index is 3.87. The fourth-order valence-corrected chi connectivity index (χ4v) is 0.688. The molecule has 0 aliphatic carbocycles. The van der Waals surface area contributed by atoms with Crippen LogP contribution < -0.4 is 0 Å². The number of carboxylic acids is 2. The van der Waals surface area contributed by atoms with E-state index in [9.17, 15) is 14.4 Å². The van der Waals surface area contributed by atoms with Crippen LogP contribution in [0.15, 0.2) is 0 Å². The van der Waals surface area contributed by atoms with Gasteiger partial charge in [-0.05, 0) is 6.42 Å². The molecule has 1 atom stereocenters. The standard InChI is InChI=1S/C7H10O6/c8-3-4-13-5(7(11)12)1-2-6(9)10/h3,5H,1-2,4H2,(H,9,10)(H,11,12). The van der Waals surface area contributed by atoms with E-state index in [0.717, 1.165) is 0 Å². The quantitative estimate of drug-likeness (QED) is 0.526. The van der Waals surface area contributed by atoms with E-state index in [1.54, 1.807) is 0 Å². The topological polar surface area (TPSA) is 101 Å². The van der Waals surface area contributed by atoms with Gasteiger partial charge in [0, 0.05) is 6.42 Å². The molecule has 2 N–H and O–H groups in total. The van der Waals surface area contributed by atoms with Crippen molar-refractivity contribution >= 4 is 18.2 Å². The molecule has 0 aliphatic rings. The predicted molar refractivity (Wildman–Crippen MR) is 40.3 cm³/mol. The van der Waals surface area contributed by atoms with Gasteiger partial charge in [-0.15, -0.1) is 0 Å². The molecule has 6 nitrogen and oxygen atoms in total. The highest BCUT2D eigenvalue weighted by Crippen LogP contribution is 2.02. The zero-order valence-corrected chi connectivity index (χ0v) is 6.80. The number of rotatable bonds is 7. The minimum Gasteiger partial charge on any atom is -0.481 e. The molecule has 0 aromatic carbocycles. The lowest BCUT2D eigenvalue weighted by Gasteiger charge is -2.09. The average molecular weight is 190 g/mol. The Morgan fingerprint density at radius 3 is 2.38 bits per heavy atom. The Morgan fingerprint density at radius 1 is 1.38 bits per heavy atom. The van der Waals surface area contributed by atoms with E-state index in [4.69, 9.17) is 10.2 Å². The van der Waals surface area contributed by atoms with Gasteiger partial charge in [0.2, 0.25) is 0 Å². The summed E-state index contributed by atoms with van der Waals surface area (Å²) in [5.74, 6) is -2.36. The van der Waals surface area contributed by atoms with Crippen LogP contribution in [0.2, 0.25) is 0 Å². The third-order valence-corrected chi connectivity index (χ3v) is 1.26. The molecule has 74 valence electrons. The van der Waals surface area contributed by atoms with E-state index in [1.807, 2.05) is 0 Å². The molecule has 6 heteroatoms. The first-order chi connectivity index (χ1) is 6.07. The molecule has 0 bridgehead atoms. The molecule has 0 aromatic rings. The summed E-state index contributed by atoms with van der Waals surface area (Å²) in [5.41, 5.74) is 0. The molecule has 1 unspecified atom stereocenters. The van der Waals surface area contributed by atoms with Gasteiger partial charge in [0.25, 0.3) is 0 Å². The van der Waals surface area contributed by atoms with Crippen LogP contribution in [0.4, 0.5) is 0 Å². The molecule has 0 aromatic heterocycles. The van der Waals surface area contributed by atoms with E-state index < -0.39 is 18.0 Å². The third-order valence-electron chi connectivity index (χ3n) is 1.26. The van der Waals surface area contributed by atoms with Gasteiger partial charge in [0.15, 0.2) is 6.10 Å². The van der Waals surface area contributed by atoms with Gasteiger partial charge < -0.3 is 19.7 Å². The van der Waals surface area contributed by atoms with Crippen LogP contribution >= 0.6 is 0 Å². The zero-order chi connectivity index (χ0) is 10.3. The van der Waals surface area contributed by atoms with Gasteiger partial charge in [-0.3, -0.25) is 4.79 Å². The van der Waals surface area contributed by atoms with Crippen LogP contribution in [0, 0.1) is 0 Å². The van der Waals surface area contributed by atoms with Gasteiger partial charge in [0.05, 0.1) is 0 Å².